The summed E-state index contributed by atoms with van der Waals surface area (Å²) in [4.78, 5) is 12.0. The maximum atomic E-state index is 12.0. The van der Waals surface area contributed by atoms with Gasteiger partial charge in [0, 0.05) is 25.9 Å². The quantitative estimate of drug-likeness (QED) is 0.780. The van der Waals surface area contributed by atoms with E-state index in [1.165, 1.54) is 0 Å². The molecule has 112 valence electrons. The van der Waals surface area contributed by atoms with Crippen molar-refractivity contribution in [2.75, 3.05) is 25.5 Å². The molecule has 5 nitrogen and oxygen atoms in total. The largest absolute Gasteiger partial charge is 0.456 e. The Morgan fingerprint density at radius 1 is 1.40 bits per heavy atom. The van der Waals surface area contributed by atoms with Crippen LogP contribution in [-0.2, 0) is 9.47 Å². The third kappa shape index (κ3) is 5.59. The zero-order chi connectivity index (χ0) is 15.2. The lowest BCUT2D eigenvalue weighted by Gasteiger charge is -2.20. The number of nitrogens with two attached hydrogens (primary N) is 1. The number of anilines is 1. The molecule has 0 radical (unpaired) electrons. The van der Waals surface area contributed by atoms with E-state index in [4.69, 9.17) is 15.2 Å². The molecule has 0 aliphatic rings. The number of esters is 1. The highest BCUT2D eigenvalue weighted by molar-refractivity contribution is 5.90. The first kappa shape index (κ1) is 16.5. The molecule has 0 bridgehead atoms. The molecule has 1 atom stereocenters. The van der Waals surface area contributed by atoms with Gasteiger partial charge in [-0.15, -0.1) is 0 Å². The number of hydrogen-bond acceptors (Lipinski definition) is 5. The average Bonchev–Trinajstić information content (AvgIpc) is 2.38. The van der Waals surface area contributed by atoms with Crippen LogP contribution in [0.3, 0.4) is 0 Å². The van der Waals surface area contributed by atoms with Crippen molar-refractivity contribution in [2.24, 2.45) is 5.73 Å². The van der Waals surface area contributed by atoms with Gasteiger partial charge in [0.1, 0.15) is 5.60 Å². The Labute approximate surface area is 120 Å². The number of carbonyl (C=O) groups excluding carboxylic acids is 1. The molecular formula is C15H24N2O3. The van der Waals surface area contributed by atoms with Crippen molar-refractivity contribution in [2.45, 2.75) is 32.5 Å². The van der Waals surface area contributed by atoms with Gasteiger partial charge in [0.05, 0.1) is 11.7 Å². The second-order valence-corrected chi connectivity index (χ2v) is 5.56. The molecule has 0 aromatic heterocycles. The number of rotatable bonds is 6. The topological polar surface area (TPSA) is 73.6 Å². The molecule has 1 aromatic carbocycles. The molecule has 5 heteroatoms. The van der Waals surface area contributed by atoms with E-state index >= 15 is 0 Å². The van der Waals surface area contributed by atoms with Gasteiger partial charge in [-0.05, 0) is 39.0 Å². The molecule has 0 saturated heterocycles. The fourth-order valence-corrected chi connectivity index (χ4v) is 1.59. The second-order valence-electron chi connectivity index (χ2n) is 5.56. The van der Waals surface area contributed by atoms with Gasteiger partial charge in [-0.1, -0.05) is 6.07 Å². The van der Waals surface area contributed by atoms with Crippen LogP contribution in [0, 0.1) is 0 Å². The Morgan fingerprint density at radius 2 is 2.10 bits per heavy atom. The molecule has 0 fully saturated rings. The summed E-state index contributed by atoms with van der Waals surface area (Å²) in [5.74, 6) is -0.330. The standard InChI is InChI=1S/C15H24N2O3/c1-15(2,3)20-14(18)11-6-5-7-12(8-11)17-10-13(9-16)19-4/h5-8,13,17H,9-10,16H2,1-4H3/t13-/m1/s1. The number of ether oxygens (including phenoxy) is 2. The van der Waals surface area contributed by atoms with Gasteiger partial charge >= 0.3 is 5.97 Å². The molecule has 1 aromatic rings. The van der Waals surface area contributed by atoms with Gasteiger partial charge in [-0.25, -0.2) is 4.79 Å². The average molecular weight is 280 g/mol. The number of hydrogen-bond donors (Lipinski definition) is 2. The normalized spacial score (nSPS) is 12.8. The van der Waals surface area contributed by atoms with Gasteiger partial charge in [0.25, 0.3) is 0 Å². The lowest BCUT2D eigenvalue weighted by atomic mass is 10.1. The minimum atomic E-state index is -0.499. The third-order valence-corrected chi connectivity index (χ3v) is 2.63. The van der Waals surface area contributed by atoms with Crippen molar-refractivity contribution >= 4 is 11.7 Å². The monoisotopic (exact) mass is 280 g/mol. The van der Waals surface area contributed by atoms with Crippen LogP contribution in [0.15, 0.2) is 24.3 Å². The summed E-state index contributed by atoms with van der Waals surface area (Å²) in [6, 6.07) is 7.19. The van der Waals surface area contributed by atoms with Gasteiger partial charge in [-0.3, -0.25) is 0 Å². The SMILES string of the molecule is CO[C@H](CN)CNc1cccc(C(=O)OC(C)(C)C)c1. The number of benzene rings is 1. The minimum Gasteiger partial charge on any atom is -0.456 e. The number of methoxy groups -OCH3 is 1. The number of nitrogens with one attached hydrogen (secondary N) is 1. The van der Waals surface area contributed by atoms with E-state index < -0.39 is 5.60 Å². The molecule has 0 aliphatic heterocycles. The van der Waals surface area contributed by atoms with Gasteiger partial charge in [0.15, 0.2) is 0 Å². The maximum absolute atomic E-state index is 12.0. The van der Waals surface area contributed by atoms with E-state index in [0.29, 0.717) is 18.7 Å². The van der Waals surface area contributed by atoms with E-state index in [1.54, 1.807) is 19.2 Å². The Kier molecular flexibility index (Phi) is 5.98. The highest BCUT2D eigenvalue weighted by Crippen LogP contribution is 2.15. The van der Waals surface area contributed by atoms with Crippen LogP contribution in [0.5, 0.6) is 0 Å². The summed E-state index contributed by atoms with van der Waals surface area (Å²) >= 11 is 0. The summed E-state index contributed by atoms with van der Waals surface area (Å²) in [6.45, 7) is 6.56. The molecule has 0 heterocycles. The second kappa shape index (κ2) is 7.26. The van der Waals surface area contributed by atoms with Crippen LogP contribution in [0.25, 0.3) is 0 Å². The van der Waals surface area contributed by atoms with Crippen molar-refractivity contribution in [3.63, 3.8) is 0 Å². The van der Waals surface area contributed by atoms with Crippen LogP contribution in [0.1, 0.15) is 31.1 Å². The zero-order valence-electron chi connectivity index (χ0n) is 12.6. The van der Waals surface area contributed by atoms with Crippen LogP contribution >= 0.6 is 0 Å². The first-order chi connectivity index (χ1) is 9.35. The Balaban J connectivity index is 2.68. The Morgan fingerprint density at radius 3 is 2.65 bits per heavy atom. The van der Waals surface area contributed by atoms with Gasteiger partial charge in [-0.2, -0.15) is 0 Å². The molecule has 3 N–H and O–H groups in total. The van der Waals surface area contributed by atoms with E-state index in [-0.39, 0.29) is 12.1 Å². The molecule has 1 rings (SSSR count). The van der Waals surface area contributed by atoms with Gasteiger partial charge < -0.3 is 20.5 Å². The van der Waals surface area contributed by atoms with Gasteiger partial charge in [0.2, 0.25) is 0 Å². The third-order valence-electron chi connectivity index (χ3n) is 2.63. The van der Waals surface area contributed by atoms with Crippen molar-refractivity contribution in [3.05, 3.63) is 29.8 Å². The van der Waals surface area contributed by atoms with Crippen LogP contribution < -0.4 is 11.1 Å². The Hall–Kier alpha value is -1.59. The zero-order valence-corrected chi connectivity index (χ0v) is 12.6. The summed E-state index contributed by atoms with van der Waals surface area (Å²) in [5.41, 5.74) is 6.41. The molecule has 0 amide bonds. The number of carbonyl (C=O) groups is 1. The fourth-order valence-electron chi connectivity index (χ4n) is 1.59. The lowest BCUT2D eigenvalue weighted by molar-refractivity contribution is 0.00696. The molecule has 0 spiro atoms. The smallest absolute Gasteiger partial charge is 0.338 e. The van der Waals surface area contributed by atoms with Crippen molar-refractivity contribution in [1.82, 2.24) is 0 Å². The molecule has 20 heavy (non-hydrogen) atoms. The molecular weight excluding hydrogens is 256 g/mol. The van der Waals surface area contributed by atoms with E-state index in [2.05, 4.69) is 5.32 Å². The van der Waals surface area contributed by atoms with Crippen molar-refractivity contribution in [1.29, 1.82) is 0 Å². The summed E-state index contributed by atoms with van der Waals surface area (Å²) in [7, 11) is 1.62. The highest BCUT2D eigenvalue weighted by atomic mass is 16.6. The van der Waals surface area contributed by atoms with Crippen LogP contribution in [-0.4, -0.2) is 37.9 Å². The fraction of sp³-hybridized carbons (Fsp3) is 0.533. The molecule has 0 aliphatic carbocycles. The van der Waals surface area contributed by atoms with Crippen molar-refractivity contribution < 1.29 is 14.3 Å². The lowest BCUT2D eigenvalue weighted by Crippen LogP contribution is -2.30. The molecule has 0 unspecified atom stereocenters. The Bertz CT molecular complexity index is 437. The summed E-state index contributed by atoms with van der Waals surface area (Å²) < 4.78 is 10.5. The predicted octanol–water partition coefficient (Wildman–Crippen LogP) is 2.03. The predicted molar refractivity (Wildman–Crippen MR) is 80.0 cm³/mol. The van der Waals surface area contributed by atoms with E-state index in [0.717, 1.165) is 5.69 Å². The first-order valence-corrected chi connectivity index (χ1v) is 6.66. The van der Waals surface area contributed by atoms with E-state index in [9.17, 15) is 4.79 Å². The van der Waals surface area contributed by atoms with E-state index in [1.807, 2.05) is 32.9 Å². The minimum absolute atomic E-state index is 0.0554. The summed E-state index contributed by atoms with van der Waals surface area (Å²) in [6.07, 6.45) is -0.0554. The van der Waals surface area contributed by atoms with Crippen molar-refractivity contribution in [3.8, 4) is 0 Å². The summed E-state index contributed by atoms with van der Waals surface area (Å²) in [5, 5.41) is 3.19. The van der Waals surface area contributed by atoms with Crippen LogP contribution in [0.4, 0.5) is 5.69 Å². The highest BCUT2D eigenvalue weighted by Gasteiger charge is 2.18. The molecule has 0 saturated carbocycles. The maximum Gasteiger partial charge on any atom is 0.338 e. The van der Waals surface area contributed by atoms with Crippen LogP contribution in [0.2, 0.25) is 0 Å². The first-order valence-electron chi connectivity index (χ1n) is 6.66.